The first kappa shape index (κ1) is 12.6. The molecule has 3 nitrogen and oxygen atoms in total. The fourth-order valence-electron chi connectivity index (χ4n) is 1.52. The van der Waals surface area contributed by atoms with Gasteiger partial charge in [0.25, 0.3) is 0 Å². The first-order chi connectivity index (χ1) is 8.88. The van der Waals surface area contributed by atoms with E-state index in [1.807, 2.05) is 49.4 Å². The molecule has 1 heterocycles. The lowest BCUT2D eigenvalue weighted by Crippen LogP contribution is -2.19. The fourth-order valence-corrected chi connectivity index (χ4v) is 1.52. The van der Waals surface area contributed by atoms with Crippen molar-refractivity contribution in [1.82, 2.24) is 4.98 Å². The third-order valence-corrected chi connectivity index (χ3v) is 2.45. The second-order valence-corrected chi connectivity index (χ2v) is 3.87. The Hall–Kier alpha value is -1.87. The van der Waals surface area contributed by atoms with E-state index < -0.39 is 0 Å². The van der Waals surface area contributed by atoms with E-state index in [2.05, 4.69) is 11.2 Å². The first-order valence-electron chi connectivity index (χ1n) is 6.03. The summed E-state index contributed by atoms with van der Waals surface area (Å²) in [6.45, 7) is 2.56. The maximum Gasteiger partial charge on any atom is 0.200 e. The van der Waals surface area contributed by atoms with Crippen LogP contribution in [0.2, 0.25) is 0 Å². The molecule has 0 spiro atoms. The van der Waals surface area contributed by atoms with E-state index in [9.17, 15) is 0 Å². The standard InChI is InChI=1S/C15H16NO2/c1-2-15(18-14-9-6-10-16-11-14)17-12-13-7-4-3-5-8-13/h3-10,15H,2,12H2,1H3. The van der Waals surface area contributed by atoms with Crippen LogP contribution in [0.1, 0.15) is 18.9 Å². The molecule has 0 bridgehead atoms. The molecule has 1 aromatic heterocycles. The molecule has 1 atom stereocenters. The molecular formula is C15H16NO2. The lowest BCUT2D eigenvalue weighted by molar-refractivity contribution is -0.0908. The van der Waals surface area contributed by atoms with E-state index in [0.29, 0.717) is 12.4 Å². The van der Waals surface area contributed by atoms with Gasteiger partial charge in [0.2, 0.25) is 0 Å². The van der Waals surface area contributed by atoms with Crippen LogP contribution in [0.3, 0.4) is 0 Å². The van der Waals surface area contributed by atoms with Crippen molar-refractivity contribution >= 4 is 0 Å². The molecule has 0 saturated heterocycles. The highest BCUT2D eigenvalue weighted by Crippen LogP contribution is 2.12. The molecule has 93 valence electrons. The highest BCUT2D eigenvalue weighted by atomic mass is 16.7. The normalized spacial score (nSPS) is 12.1. The summed E-state index contributed by atoms with van der Waals surface area (Å²) in [7, 11) is 0. The Morgan fingerprint density at radius 1 is 1.17 bits per heavy atom. The van der Waals surface area contributed by atoms with Crippen molar-refractivity contribution in [3.63, 3.8) is 0 Å². The van der Waals surface area contributed by atoms with Crippen LogP contribution in [0, 0.1) is 6.20 Å². The molecule has 18 heavy (non-hydrogen) atoms. The molecule has 0 amide bonds. The van der Waals surface area contributed by atoms with Crippen molar-refractivity contribution in [3.8, 4) is 5.75 Å². The smallest absolute Gasteiger partial charge is 0.200 e. The summed E-state index contributed by atoms with van der Waals surface area (Å²) in [4.78, 5) is 3.88. The Morgan fingerprint density at radius 2 is 2.00 bits per heavy atom. The summed E-state index contributed by atoms with van der Waals surface area (Å²) in [6.07, 6.45) is 4.95. The highest BCUT2D eigenvalue weighted by molar-refractivity contribution is 5.15. The van der Waals surface area contributed by atoms with Gasteiger partial charge in [-0.2, -0.15) is 0 Å². The predicted octanol–water partition coefficient (Wildman–Crippen LogP) is 3.21. The fraction of sp³-hybridized carbons (Fsp3) is 0.267. The van der Waals surface area contributed by atoms with E-state index in [0.717, 1.165) is 12.0 Å². The first-order valence-corrected chi connectivity index (χ1v) is 6.03. The van der Waals surface area contributed by atoms with Gasteiger partial charge in [0.1, 0.15) is 6.20 Å². The minimum atomic E-state index is -0.273. The van der Waals surface area contributed by atoms with Gasteiger partial charge in [-0.1, -0.05) is 37.3 Å². The summed E-state index contributed by atoms with van der Waals surface area (Å²) < 4.78 is 11.4. The summed E-state index contributed by atoms with van der Waals surface area (Å²) in [5, 5.41) is 0. The van der Waals surface area contributed by atoms with Gasteiger partial charge >= 0.3 is 0 Å². The number of rotatable bonds is 6. The van der Waals surface area contributed by atoms with Crippen LogP contribution < -0.4 is 4.74 Å². The van der Waals surface area contributed by atoms with Gasteiger partial charge in [0.15, 0.2) is 12.0 Å². The van der Waals surface area contributed by atoms with Crippen LogP contribution in [-0.4, -0.2) is 11.3 Å². The lowest BCUT2D eigenvalue weighted by Gasteiger charge is -2.17. The average Bonchev–Trinajstić information content (AvgIpc) is 2.45. The number of hydrogen-bond acceptors (Lipinski definition) is 3. The second kappa shape index (κ2) is 6.77. The predicted molar refractivity (Wildman–Crippen MR) is 69.0 cm³/mol. The van der Waals surface area contributed by atoms with Gasteiger partial charge in [0.05, 0.1) is 6.61 Å². The van der Waals surface area contributed by atoms with Crippen molar-refractivity contribution in [2.45, 2.75) is 26.2 Å². The molecule has 0 aliphatic heterocycles. The van der Waals surface area contributed by atoms with Gasteiger partial charge < -0.3 is 9.47 Å². The van der Waals surface area contributed by atoms with Crippen molar-refractivity contribution in [1.29, 1.82) is 0 Å². The quantitative estimate of drug-likeness (QED) is 0.729. The zero-order valence-corrected chi connectivity index (χ0v) is 10.4. The van der Waals surface area contributed by atoms with E-state index in [4.69, 9.17) is 9.47 Å². The van der Waals surface area contributed by atoms with E-state index in [-0.39, 0.29) is 6.29 Å². The Labute approximate surface area is 107 Å². The van der Waals surface area contributed by atoms with Gasteiger partial charge in [0, 0.05) is 12.6 Å². The number of aromatic nitrogens is 1. The molecule has 0 aliphatic carbocycles. The topological polar surface area (TPSA) is 31.4 Å². The molecule has 0 aliphatic rings. The van der Waals surface area contributed by atoms with E-state index >= 15 is 0 Å². The van der Waals surface area contributed by atoms with Crippen LogP contribution in [0.25, 0.3) is 0 Å². The SMILES string of the molecule is CCC(OCc1ccccc1)Oc1[c]nccc1. The third-order valence-electron chi connectivity index (χ3n) is 2.45. The Morgan fingerprint density at radius 3 is 2.67 bits per heavy atom. The number of nitrogens with zero attached hydrogens (tertiary/aromatic N) is 1. The van der Waals surface area contributed by atoms with E-state index in [1.165, 1.54) is 0 Å². The zero-order valence-electron chi connectivity index (χ0n) is 10.4. The van der Waals surface area contributed by atoms with Crippen LogP contribution >= 0.6 is 0 Å². The molecule has 0 fully saturated rings. The molecule has 1 unspecified atom stereocenters. The van der Waals surface area contributed by atoms with Crippen molar-refractivity contribution in [2.24, 2.45) is 0 Å². The van der Waals surface area contributed by atoms with Crippen LogP contribution in [0.5, 0.6) is 5.75 Å². The maximum atomic E-state index is 5.71. The molecule has 1 aromatic carbocycles. The van der Waals surface area contributed by atoms with Crippen LogP contribution in [-0.2, 0) is 11.3 Å². The second-order valence-electron chi connectivity index (χ2n) is 3.87. The summed E-state index contributed by atoms with van der Waals surface area (Å²) in [5.74, 6) is 0.609. The monoisotopic (exact) mass is 242 g/mol. The van der Waals surface area contributed by atoms with Gasteiger partial charge in [-0.05, 0) is 17.7 Å². The van der Waals surface area contributed by atoms with E-state index in [1.54, 1.807) is 6.20 Å². The third kappa shape index (κ3) is 3.86. The van der Waals surface area contributed by atoms with Gasteiger partial charge in [-0.25, -0.2) is 0 Å². The minimum absolute atomic E-state index is 0.273. The molecule has 2 aromatic rings. The van der Waals surface area contributed by atoms with Crippen LogP contribution in [0.4, 0.5) is 0 Å². The van der Waals surface area contributed by atoms with Gasteiger partial charge in [-0.15, -0.1) is 0 Å². The largest absolute Gasteiger partial charge is 0.463 e. The Bertz CT molecular complexity index is 445. The molecule has 1 radical (unpaired) electrons. The van der Waals surface area contributed by atoms with Gasteiger partial charge in [-0.3, -0.25) is 4.98 Å². The molecular weight excluding hydrogens is 226 g/mol. The molecule has 2 rings (SSSR count). The lowest BCUT2D eigenvalue weighted by atomic mass is 10.2. The molecule has 0 N–H and O–H groups in total. The highest BCUT2D eigenvalue weighted by Gasteiger charge is 2.08. The Balaban J connectivity index is 1.86. The Kier molecular flexibility index (Phi) is 4.73. The van der Waals surface area contributed by atoms with Crippen molar-refractivity contribution in [2.75, 3.05) is 0 Å². The molecule has 0 saturated carbocycles. The maximum absolute atomic E-state index is 5.71. The molecule has 3 heteroatoms. The van der Waals surface area contributed by atoms with Crippen molar-refractivity contribution in [3.05, 3.63) is 60.4 Å². The number of hydrogen-bond donors (Lipinski definition) is 0. The summed E-state index contributed by atoms with van der Waals surface area (Å²) in [6, 6.07) is 13.7. The number of benzene rings is 1. The number of pyridine rings is 1. The van der Waals surface area contributed by atoms with Crippen molar-refractivity contribution < 1.29 is 9.47 Å². The average molecular weight is 242 g/mol. The summed E-state index contributed by atoms with van der Waals surface area (Å²) in [5.41, 5.74) is 1.13. The minimum Gasteiger partial charge on any atom is -0.463 e. The number of ether oxygens (including phenoxy) is 2. The van der Waals surface area contributed by atoms with Crippen LogP contribution in [0.15, 0.2) is 48.7 Å². The zero-order chi connectivity index (χ0) is 12.6. The summed E-state index contributed by atoms with van der Waals surface area (Å²) >= 11 is 0.